The maximum Gasteiger partial charge on any atom is 0.247 e. The van der Waals surface area contributed by atoms with Gasteiger partial charge < -0.3 is 4.42 Å². The summed E-state index contributed by atoms with van der Waals surface area (Å²) in [5.74, 6) is 0.639. The van der Waals surface area contributed by atoms with Crippen LogP contribution in [0.5, 0.6) is 0 Å². The number of pyridine rings is 1. The Morgan fingerprint density at radius 1 is 1.00 bits per heavy atom. The Kier molecular flexibility index (Phi) is 2.18. The molecule has 2 aromatic heterocycles. The largest absolute Gasteiger partial charge is 0.418 e. The van der Waals surface area contributed by atoms with E-state index in [2.05, 4.69) is 9.97 Å². The highest BCUT2D eigenvalue weighted by molar-refractivity contribution is 5.76. The zero-order valence-electron chi connectivity index (χ0n) is 9.77. The van der Waals surface area contributed by atoms with E-state index in [0.29, 0.717) is 11.6 Å². The van der Waals surface area contributed by atoms with E-state index < -0.39 is 0 Å². The van der Waals surface area contributed by atoms with Gasteiger partial charge in [-0.2, -0.15) is 0 Å². The molecule has 0 radical (unpaired) electrons. The zero-order chi connectivity index (χ0) is 11.8. The van der Waals surface area contributed by atoms with E-state index in [9.17, 15) is 0 Å². The fraction of sp³-hybridized carbons (Fsp3) is 0.143. The molecule has 0 saturated carbocycles. The second-order valence-corrected chi connectivity index (χ2v) is 4.12. The molecule has 3 rings (SSSR count). The Balaban J connectivity index is 2.26. The van der Waals surface area contributed by atoms with Gasteiger partial charge in [0.2, 0.25) is 11.6 Å². The minimum atomic E-state index is 0.600. The predicted molar refractivity (Wildman–Crippen MR) is 66.7 cm³/mol. The molecule has 84 valence electrons. The molecule has 17 heavy (non-hydrogen) atoms. The molecule has 0 unspecified atom stereocenters. The summed E-state index contributed by atoms with van der Waals surface area (Å²) in [5.41, 5.74) is 4.69. The van der Waals surface area contributed by atoms with Crippen LogP contribution in [-0.2, 0) is 0 Å². The fourth-order valence-electron chi connectivity index (χ4n) is 1.88. The molecule has 0 N–H and O–H groups in total. The lowest BCUT2D eigenvalue weighted by molar-refractivity contribution is 0.607. The average Bonchev–Trinajstić information content (AvgIpc) is 2.75. The standard InChI is InChI=1S/C14H12N2O/c1-9-5-3-4-6-11(9)13-16-12-10(2)7-8-15-14(12)17-13/h3-8H,1-2H3. The van der Waals surface area contributed by atoms with Crippen LogP contribution in [-0.4, -0.2) is 9.97 Å². The lowest BCUT2D eigenvalue weighted by Gasteiger charge is -1.98. The minimum Gasteiger partial charge on any atom is -0.418 e. The molecule has 0 saturated heterocycles. The molecule has 3 aromatic rings. The fourth-order valence-corrected chi connectivity index (χ4v) is 1.88. The van der Waals surface area contributed by atoms with Crippen LogP contribution >= 0.6 is 0 Å². The molecule has 0 aliphatic carbocycles. The van der Waals surface area contributed by atoms with Crippen molar-refractivity contribution in [2.45, 2.75) is 13.8 Å². The van der Waals surface area contributed by atoms with Crippen molar-refractivity contribution < 1.29 is 4.42 Å². The van der Waals surface area contributed by atoms with Gasteiger partial charge in [0.1, 0.15) is 5.52 Å². The van der Waals surface area contributed by atoms with E-state index in [1.807, 2.05) is 44.2 Å². The van der Waals surface area contributed by atoms with Crippen molar-refractivity contribution in [1.82, 2.24) is 9.97 Å². The first-order chi connectivity index (χ1) is 8.25. The highest BCUT2D eigenvalue weighted by atomic mass is 16.4. The van der Waals surface area contributed by atoms with Gasteiger partial charge in [0.15, 0.2) is 0 Å². The zero-order valence-corrected chi connectivity index (χ0v) is 9.77. The van der Waals surface area contributed by atoms with E-state index in [1.54, 1.807) is 6.20 Å². The summed E-state index contributed by atoms with van der Waals surface area (Å²) in [5, 5.41) is 0. The summed E-state index contributed by atoms with van der Waals surface area (Å²) in [6.45, 7) is 4.05. The van der Waals surface area contributed by atoms with E-state index in [0.717, 1.165) is 22.2 Å². The molecule has 0 aliphatic rings. The molecular formula is C14H12N2O. The number of oxazole rings is 1. The molecule has 0 fully saturated rings. The maximum absolute atomic E-state index is 5.69. The Hall–Kier alpha value is -2.16. The number of hydrogen-bond acceptors (Lipinski definition) is 3. The average molecular weight is 224 g/mol. The quantitative estimate of drug-likeness (QED) is 0.635. The van der Waals surface area contributed by atoms with Gasteiger partial charge in [-0.15, -0.1) is 0 Å². The lowest BCUT2D eigenvalue weighted by Crippen LogP contribution is -1.82. The van der Waals surface area contributed by atoms with Crippen LogP contribution in [0.2, 0.25) is 0 Å². The van der Waals surface area contributed by atoms with Crippen LogP contribution in [0.4, 0.5) is 0 Å². The number of aryl methyl sites for hydroxylation is 2. The normalized spacial score (nSPS) is 10.9. The molecule has 0 spiro atoms. The Labute approximate surface area is 99.1 Å². The third kappa shape index (κ3) is 1.60. The number of rotatable bonds is 1. The highest BCUT2D eigenvalue weighted by Crippen LogP contribution is 2.26. The van der Waals surface area contributed by atoms with Crippen molar-refractivity contribution in [2.75, 3.05) is 0 Å². The molecule has 0 bridgehead atoms. The second-order valence-electron chi connectivity index (χ2n) is 4.12. The topological polar surface area (TPSA) is 38.9 Å². The van der Waals surface area contributed by atoms with Crippen LogP contribution in [0.3, 0.4) is 0 Å². The first kappa shape index (κ1) is 10.0. The molecular weight excluding hydrogens is 212 g/mol. The minimum absolute atomic E-state index is 0.600. The summed E-state index contributed by atoms with van der Waals surface area (Å²) < 4.78 is 5.69. The molecule has 3 nitrogen and oxygen atoms in total. The van der Waals surface area contributed by atoms with Gasteiger partial charge in [-0.1, -0.05) is 18.2 Å². The number of benzene rings is 1. The van der Waals surface area contributed by atoms with Gasteiger partial charge in [0.25, 0.3) is 0 Å². The van der Waals surface area contributed by atoms with E-state index >= 15 is 0 Å². The van der Waals surface area contributed by atoms with E-state index in [1.165, 1.54) is 0 Å². The van der Waals surface area contributed by atoms with Gasteiger partial charge in [-0.05, 0) is 37.1 Å². The molecule has 0 aliphatic heterocycles. The lowest BCUT2D eigenvalue weighted by atomic mass is 10.1. The second kappa shape index (κ2) is 3.70. The molecule has 1 aromatic carbocycles. The summed E-state index contributed by atoms with van der Waals surface area (Å²) >= 11 is 0. The molecule has 0 atom stereocenters. The van der Waals surface area contributed by atoms with Gasteiger partial charge in [-0.3, -0.25) is 0 Å². The number of fused-ring (bicyclic) bond motifs is 1. The number of aromatic nitrogens is 2. The summed E-state index contributed by atoms with van der Waals surface area (Å²) in [7, 11) is 0. The van der Waals surface area contributed by atoms with Gasteiger partial charge in [0.05, 0.1) is 0 Å². The molecule has 3 heteroatoms. The number of nitrogens with zero attached hydrogens (tertiary/aromatic N) is 2. The SMILES string of the molecule is Cc1ccccc1-c1nc2c(C)ccnc2o1. The van der Waals surface area contributed by atoms with Crippen LogP contribution in [0.25, 0.3) is 22.7 Å². The van der Waals surface area contributed by atoms with Gasteiger partial charge >= 0.3 is 0 Å². The van der Waals surface area contributed by atoms with Crippen LogP contribution < -0.4 is 0 Å². The van der Waals surface area contributed by atoms with Crippen molar-refractivity contribution in [3.05, 3.63) is 47.7 Å². The monoisotopic (exact) mass is 224 g/mol. The van der Waals surface area contributed by atoms with Crippen molar-refractivity contribution in [3.8, 4) is 11.5 Å². The first-order valence-electron chi connectivity index (χ1n) is 5.54. The van der Waals surface area contributed by atoms with Crippen molar-refractivity contribution in [3.63, 3.8) is 0 Å². The third-order valence-corrected chi connectivity index (χ3v) is 2.87. The first-order valence-corrected chi connectivity index (χ1v) is 5.54. The highest BCUT2D eigenvalue weighted by Gasteiger charge is 2.11. The molecule has 2 heterocycles. The third-order valence-electron chi connectivity index (χ3n) is 2.87. The van der Waals surface area contributed by atoms with Crippen molar-refractivity contribution in [1.29, 1.82) is 0 Å². The van der Waals surface area contributed by atoms with Gasteiger partial charge in [0, 0.05) is 11.8 Å². The smallest absolute Gasteiger partial charge is 0.247 e. The van der Waals surface area contributed by atoms with Crippen molar-refractivity contribution >= 4 is 11.2 Å². The maximum atomic E-state index is 5.69. The van der Waals surface area contributed by atoms with Crippen LogP contribution in [0.15, 0.2) is 40.9 Å². The van der Waals surface area contributed by atoms with E-state index in [-0.39, 0.29) is 0 Å². The summed E-state index contributed by atoms with van der Waals surface area (Å²) in [6.07, 6.45) is 1.74. The van der Waals surface area contributed by atoms with Crippen molar-refractivity contribution in [2.24, 2.45) is 0 Å². The van der Waals surface area contributed by atoms with Gasteiger partial charge in [-0.25, -0.2) is 9.97 Å². The molecule has 0 amide bonds. The Morgan fingerprint density at radius 3 is 2.59 bits per heavy atom. The predicted octanol–water partition coefficient (Wildman–Crippen LogP) is 3.51. The summed E-state index contributed by atoms with van der Waals surface area (Å²) in [6, 6.07) is 9.98. The van der Waals surface area contributed by atoms with E-state index in [4.69, 9.17) is 4.42 Å². The summed E-state index contributed by atoms with van der Waals surface area (Å²) in [4.78, 5) is 8.70. The number of hydrogen-bond donors (Lipinski definition) is 0. The van der Waals surface area contributed by atoms with Crippen LogP contribution in [0, 0.1) is 13.8 Å². The van der Waals surface area contributed by atoms with Crippen LogP contribution in [0.1, 0.15) is 11.1 Å². The Morgan fingerprint density at radius 2 is 1.82 bits per heavy atom. The Bertz CT molecular complexity index is 686.